The molecular formula is C10H4Cl2F2N4O2. The van der Waals surface area contributed by atoms with Gasteiger partial charge in [0.15, 0.2) is 11.5 Å². The van der Waals surface area contributed by atoms with Crippen LogP contribution in [-0.2, 0) is 0 Å². The highest BCUT2D eigenvalue weighted by Gasteiger charge is 2.43. The average Bonchev–Trinajstić information content (AvgIpc) is 2.60. The van der Waals surface area contributed by atoms with Gasteiger partial charge in [0.2, 0.25) is 16.5 Å². The summed E-state index contributed by atoms with van der Waals surface area (Å²) in [7, 11) is 0. The second-order valence-electron chi connectivity index (χ2n) is 3.65. The molecule has 0 radical (unpaired) electrons. The topological polar surface area (TPSA) is 69.2 Å². The fraction of sp³-hybridized carbons (Fsp3) is 0.100. The fourth-order valence-corrected chi connectivity index (χ4v) is 1.90. The van der Waals surface area contributed by atoms with Crippen LogP contribution in [0.4, 0.5) is 20.4 Å². The quantitative estimate of drug-likeness (QED) is 0.916. The van der Waals surface area contributed by atoms with Crippen molar-refractivity contribution < 1.29 is 18.3 Å². The Balaban J connectivity index is 1.86. The van der Waals surface area contributed by atoms with Gasteiger partial charge in [-0.25, -0.2) is 0 Å². The Bertz CT molecular complexity index is 666. The maximum Gasteiger partial charge on any atom is 0.586 e. The van der Waals surface area contributed by atoms with Crippen molar-refractivity contribution in [1.82, 2.24) is 15.0 Å². The summed E-state index contributed by atoms with van der Waals surface area (Å²) in [5.41, 5.74) is 0.392. The second-order valence-corrected chi connectivity index (χ2v) is 4.33. The van der Waals surface area contributed by atoms with E-state index in [9.17, 15) is 8.78 Å². The van der Waals surface area contributed by atoms with Crippen LogP contribution in [0.3, 0.4) is 0 Å². The monoisotopic (exact) mass is 320 g/mol. The number of nitrogens with zero attached hydrogens (tertiary/aromatic N) is 3. The van der Waals surface area contributed by atoms with Crippen LogP contribution in [0.2, 0.25) is 10.6 Å². The average molecular weight is 321 g/mol. The number of ether oxygens (including phenoxy) is 2. The Morgan fingerprint density at radius 3 is 2.35 bits per heavy atom. The van der Waals surface area contributed by atoms with Crippen molar-refractivity contribution in [3.8, 4) is 11.5 Å². The van der Waals surface area contributed by atoms with Gasteiger partial charge in [-0.1, -0.05) is 0 Å². The zero-order valence-electron chi connectivity index (χ0n) is 9.40. The second kappa shape index (κ2) is 4.57. The fourth-order valence-electron chi connectivity index (χ4n) is 1.54. The number of fused-ring (bicyclic) bond motifs is 1. The summed E-state index contributed by atoms with van der Waals surface area (Å²) in [6.07, 6.45) is -3.67. The molecule has 2 heterocycles. The summed E-state index contributed by atoms with van der Waals surface area (Å²) in [5, 5.41) is 2.54. The zero-order chi connectivity index (χ0) is 14.3. The Morgan fingerprint density at radius 2 is 1.65 bits per heavy atom. The molecule has 0 aliphatic carbocycles. The molecule has 0 amide bonds. The van der Waals surface area contributed by atoms with Crippen molar-refractivity contribution >= 4 is 34.8 Å². The van der Waals surface area contributed by atoms with Gasteiger partial charge in [-0.3, -0.25) is 0 Å². The van der Waals surface area contributed by atoms with E-state index in [1.165, 1.54) is 18.2 Å². The first-order valence-electron chi connectivity index (χ1n) is 5.15. The van der Waals surface area contributed by atoms with Crippen LogP contribution in [0.25, 0.3) is 0 Å². The summed E-state index contributed by atoms with van der Waals surface area (Å²) >= 11 is 11.2. The molecule has 1 N–H and O–H groups in total. The molecule has 0 saturated carbocycles. The predicted molar refractivity (Wildman–Crippen MR) is 65.8 cm³/mol. The molecule has 0 bridgehead atoms. The van der Waals surface area contributed by atoms with Crippen molar-refractivity contribution in [2.75, 3.05) is 5.32 Å². The van der Waals surface area contributed by atoms with Crippen molar-refractivity contribution in [3.63, 3.8) is 0 Å². The zero-order valence-corrected chi connectivity index (χ0v) is 10.9. The summed E-state index contributed by atoms with van der Waals surface area (Å²) in [6.45, 7) is 0. The molecule has 1 aliphatic rings. The van der Waals surface area contributed by atoms with Crippen LogP contribution in [0.5, 0.6) is 11.5 Å². The van der Waals surface area contributed by atoms with Crippen molar-refractivity contribution in [2.24, 2.45) is 0 Å². The van der Waals surface area contributed by atoms with Crippen LogP contribution in [0.15, 0.2) is 18.2 Å². The maximum absolute atomic E-state index is 12.9. The van der Waals surface area contributed by atoms with Crippen LogP contribution in [-0.4, -0.2) is 21.2 Å². The number of aromatic nitrogens is 3. The van der Waals surface area contributed by atoms with Gasteiger partial charge < -0.3 is 14.8 Å². The first-order chi connectivity index (χ1) is 9.41. The van der Waals surface area contributed by atoms with Gasteiger partial charge in [-0.05, 0) is 35.3 Å². The molecule has 0 fully saturated rings. The van der Waals surface area contributed by atoms with Gasteiger partial charge in [0.1, 0.15) is 0 Å². The minimum Gasteiger partial charge on any atom is -0.395 e. The predicted octanol–water partition coefficient (Wildman–Crippen LogP) is 3.24. The normalized spacial score (nSPS) is 15.2. The number of hydrogen-bond donors (Lipinski definition) is 1. The lowest BCUT2D eigenvalue weighted by Crippen LogP contribution is -2.25. The highest BCUT2D eigenvalue weighted by molar-refractivity contribution is 6.31. The molecule has 104 valence electrons. The van der Waals surface area contributed by atoms with E-state index in [0.717, 1.165) is 0 Å². The highest BCUT2D eigenvalue weighted by atomic mass is 35.5. The molecule has 1 aromatic carbocycles. The SMILES string of the molecule is FC1(F)Oc2ccc(Nc3nc(Cl)nc(Cl)n3)cc2O1. The molecule has 0 spiro atoms. The Labute approximate surface area is 120 Å². The molecule has 10 heteroatoms. The minimum absolute atomic E-state index is 0.0627. The molecular weight excluding hydrogens is 317 g/mol. The Hall–Kier alpha value is -1.93. The Morgan fingerprint density at radius 1 is 1.00 bits per heavy atom. The van der Waals surface area contributed by atoms with E-state index >= 15 is 0 Å². The van der Waals surface area contributed by atoms with Crippen LogP contribution in [0.1, 0.15) is 0 Å². The van der Waals surface area contributed by atoms with Crippen molar-refractivity contribution in [2.45, 2.75) is 6.29 Å². The lowest BCUT2D eigenvalue weighted by atomic mass is 10.3. The van der Waals surface area contributed by atoms with Gasteiger partial charge in [0.25, 0.3) is 0 Å². The summed E-state index contributed by atoms with van der Waals surface area (Å²) in [4.78, 5) is 11.1. The molecule has 1 aromatic heterocycles. The van der Waals surface area contributed by atoms with Gasteiger partial charge >= 0.3 is 6.29 Å². The highest BCUT2D eigenvalue weighted by Crippen LogP contribution is 2.42. The third-order valence-electron chi connectivity index (χ3n) is 2.24. The summed E-state index contributed by atoms with van der Waals surface area (Å²) in [5.74, 6) is -0.0980. The van der Waals surface area contributed by atoms with Gasteiger partial charge in [0, 0.05) is 11.8 Å². The van der Waals surface area contributed by atoms with Gasteiger partial charge in [0.05, 0.1) is 0 Å². The smallest absolute Gasteiger partial charge is 0.395 e. The molecule has 0 unspecified atom stereocenters. The van der Waals surface area contributed by atoms with E-state index in [0.29, 0.717) is 5.69 Å². The number of benzene rings is 1. The van der Waals surface area contributed by atoms with E-state index < -0.39 is 6.29 Å². The summed E-state index contributed by atoms with van der Waals surface area (Å²) in [6, 6.07) is 4.11. The molecule has 6 nitrogen and oxygen atoms in total. The lowest BCUT2D eigenvalue weighted by Gasteiger charge is -2.05. The number of nitrogens with one attached hydrogen (secondary N) is 1. The van der Waals surface area contributed by atoms with E-state index in [1.54, 1.807) is 0 Å². The number of rotatable bonds is 2. The first-order valence-corrected chi connectivity index (χ1v) is 5.91. The van der Waals surface area contributed by atoms with Crippen LogP contribution >= 0.6 is 23.2 Å². The number of halogens is 4. The number of anilines is 2. The lowest BCUT2D eigenvalue weighted by molar-refractivity contribution is -0.286. The van der Waals surface area contributed by atoms with E-state index in [-0.39, 0.29) is 28.0 Å². The number of alkyl halides is 2. The molecule has 0 saturated heterocycles. The van der Waals surface area contributed by atoms with Crippen molar-refractivity contribution in [1.29, 1.82) is 0 Å². The number of hydrogen-bond acceptors (Lipinski definition) is 6. The molecule has 3 rings (SSSR count). The van der Waals surface area contributed by atoms with E-state index in [2.05, 4.69) is 29.7 Å². The molecule has 0 atom stereocenters. The summed E-state index contributed by atoms with van der Waals surface area (Å²) < 4.78 is 34.3. The maximum atomic E-state index is 12.9. The largest absolute Gasteiger partial charge is 0.586 e. The minimum atomic E-state index is -3.67. The van der Waals surface area contributed by atoms with Gasteiger partial charge in [-0.2, -0.15) is 15.0 Å². The third kappa shape index (κ3) is 2.66. The van der Waals surface area contributed by atoms with Crippen LogP contribution < -0.4 is 14.8 Å². The third-order valence-corrected chi connectivity index (χ3v) is 2.58. The van der Waals surface area contributed by atoms with E-state index in [1.807, 2.05) is 0 Å². The van der Waals surface area contributed by atoms with E-state index in [4.69, 9.17) is 23.2 Å². The molecule has 20 heavy (non-hydrogen) atoms. The van der Waals surface area contributed by atoms with Crippen LogP contribution in [0, 0.1) is 0 Å². The Kier molecular flexibility index (Phi) is 2.98. The van der Waals surface area contributed by atoms with Crippen molar-refractivity contribution in [3.05, 3.63) is 28.8 Å². The first kappa shape index (κ1) is 13.1. The van der Waals surface area contributed by atoms with Gasteiger partial charge in [-0.15, -0.1) is 8.78 Å². The molecule has 2 aromatic rings. The molecule has 1 aliphatic heterocycles. The standard InChI is InChI=1S/C10H4Cl2F2N4O2/c11-7-16-8(12)18-9(17-7)15-4-1-2-5-6(3-4)20-10(13,14)19-5/h1-3H,(H,15,16,17,18).